The Morgan fingerprint density at radius 1 is 1.50 bits per heavy atom. The lowest BCUT2D eigenvalue weighted by Crippen LogP contribution is -2.38. The van der Waals surface area contributed by atoms with E-state index in [2.05, 4.69) is 10.4 Å². The van der Waals surface area contributed by atoms with Crippen LogP contribution in [0, 0.1) is 13.8 Å². The summed E-state index contributed by atoms with van der Waals surface area (Å²) in [6.45, 7) is 5.31. The number of amides is 1. The summed E-state index contributed by atoms with van der Waals surface area (Å²) in [7, 11) is 1.77. The number of carbonyl (C=O) groups is 1. The van der Waals surface area contributed by atoms with Crippen LogP contribution in [0.3, 0.4) is 0 Å². The van der Waals surface area contributed by atoms with Crippen molar-refractivity contribution in [1.29, 1.82) is 0 Å². The first-order valence-electron chi connectivity index (χ1n) is 6.38. The summed E-state index contributed by atoms with van der Waals surface area (Å²) in [6.07, 6.45) is 0. The van der Waals surface area contributed by atoms with E-state index in [0.717, 1.165) is 5.69 Å². The highest BCUT2D eigenvalue weighted by molar-refractivity contribution is 5.92. The van der Waals surface area contributed by atoms with Crippen molar-refractivity contribution < 1.29 is 14.3 Å². The molecule has 6 nitrogen and oxygen atoms in total. The molecule has 0 aliphatic rings. The van der Waals surface area contributed by atoms with Crippen LogP contribution < -0.4 is 5.32 Å². The van der Waals surface area contributed by atoms with Gasteiger partial charge in [0, 0.05) is 12.7 Å². The summed E-state index contributed by atoms with van der Waals surface area (Å²) >= 11 is 0. The Hall–Kier alpha value is -2.08. The van der Waals surface area contributed by atoms with Gasteiger partial charge in [0.15, 0.2) is 0 Å². The maximum atomic E-state index is 12.0. The summed E-state index contributed by atoms with van der Waals surface area (Å²) < 4.78 is 7.02. The average Bonchev–Trinajstić information content (AvgIpc) is 2.94. The first kappa shape index (κ1) is 14.3. The second-order valence-electron chi connectivity index (χ2n) is 5.16. The van der Waals surface area contributed by atoms with Gasteiger partial charge in [-0.2, -0.15) is 5.10 Å². The molecule has 6 heteroatoms. The second-order valence-corrected chi connectivity index (χ2v) is 5.16. The van der Waals surface area contributed by atoms with Gasteiger partial charge in [-0.1, -0.05) is 0 Å². The molecule has 0 saturated carbocycles. The molecule has 2 aromatic rings. The highest BCUT2D eigenvalue weighted by atomic mass is 16.4. The number of aromatic nitrogens is 2. The van der Waals surface area contributed by atoms with Crippen molar-refractivity contribution in [1.82, 2.24) is 15.1 Å². The number of aliphatic hydroxyl groups is 1. The number of hydrogen-bond donors (Lipinski definition) is 2. The molecule has 108 valence electrons. The van der Waals surface area contributed by atoms with Gasteiger partial charge in [0.05, 0.1) is 6.54 Å². The monoisotopic (exact) mass is 277 g/mol. The Bertz CT molecular complexity index is 606. The third kappa shape index (κ3) is 2.91. The van der Waals surface area contributed by atoms with Gasteiger partial charge < -0.3 is 14.8 Å². The third-order valence-electron chi connectivity index (χ3n) is 3.21. The molecule has 2 rings (SSSR count). The highest BCUT2D eigenvalue weighted by Crippen LogP contribution is 2.22. The lowest BCUT2D eigenvalue weighted by atomic mass is 10.0. The Morgan fingerprint density at radius 2 is 2.20 bits per heavy atom. The number of nitrogens with one attached hydrogen (secondary N) is 1. The molecule has 0 fully saturated rings. The largest absolute Gasteiger partial charge is 0.463 e. The third-order valence-corrected chi connectivity index (χ3v) is 3.21. The van der Waals surface area contributed by atoms with Gasteiger partial charge in [0.2, 0.25) is 0 Å². The maximum absolute atomic E-state index is 12.0. The Balaban J connectivity index is 2.02. The lowest BCUT2D eigenvalue weighted by Gasteiger charge is -2.20. The molecular weight excluding hydrogens is 258 g/mol. The van der Waals surface area contributed by atoms with Gasteiger partial charge in [-0.3, -0.25) is 9.48 Å². The zero-order valence-corrected chi connectivity index (χ0v) is 12.1. The molecule has 0 radical (unpaired) electrons. The molecule has 2 aromatic heterocycles. The van der Waals surface area contributed by atoms with E-state index in [1.807, 2.05) is 6.92 Å². The molecule has 1 atom stereocenters. The van der Waals surface area contributed by atoms with Crippen LogP contribution in [-0.2, 0) is 12.6 Å². The SMILES string of the molecule is Cc1ccc(C(C)(O)CNC(=O)c2cc(C)n(C)n2)o1. The van der Waals surface area contributed by atoms with E-state index in [4.69, 9.17) is 4.42 Å². The molecule has 20 heavy (non-hydrogen) atoms. The molecule has 2 heterocycles. The predicted molar refractivity (Wildman–Crippen MR) is 73.3 cm³/mol. The van der Waals surface area contributed by atoms with E-state index in [1.165, 1.54) is 0 Å². The topological polar surface area (TPSA) is 80.3 Å². The van der Waals surface area contributed by atoms with E-state index in [9.17, 15) is 9.90 Å². The van der Waals surface area contributed by atoms with Gasteiger partial charge in [-0.15, -0.1) is 0 Å². The van der Waals surface area contributed by atoms with Crippen molar-refractivity contribution in [2.45, 2.75) is 26.4 Å². The van der Waals surface area contributed by atoms with Crippen molar-refractivity contribution >= 4 is 5.91 Å². The van der Waals surface area contributed by atoms with E-state index in [-0.39, 0.29) is 12.5 Å². The van der Waals surface area contributed by atoms with Gasteiger partial charge in [0.1, 0.15) is 22.8 Å². The van der Waals surface area contributed by atoms with Crippen molar-refractivity contribution in [2.75, 3.05) is 6.54 Å². The fourth-order valence-corrected chi connectivity index (χ4v) is 1.83. The zero-order chi connectivity index (χ0) is 14.9. The average molecular weight is 277 g/mol. The fraction of sp³-hybridized carbons (Fsp3) is 0.429. The molecule has 0 saturated heterocycles. The second kappa shape index (κ2) is 5.13. The molecule has 0 aromatic carbocycles. The van der Waals surface area contributed by atoms with E-state index in [1.54, 1.807) is 43.8 Å². The quantitative estimate of drug-likeness (QED) is 0.882. The minimum Gasteiger partial charge on any atom is -0.463 e. The normalized spacial score (nSPS) is 14.1. The van der Waals surface area contributed by atoms with Crippen molar-refractivity contribution in [3.8, 4) is 0 Å². The van der Waals surface area contributed by atoms with Crippen molar-refractivity contribution in [2.24, 2.45) is 7.05 Å². The Morgan fingerprint density at radius 3 is 2.70 bits per heavy atom. The van der Waals surface area contributed by atoms with E-state index >= 15 is 0 Å². The van der Waals surface area contributed by atoms with E-state index < -0.39 is 5.60 Å². The summed E-state index contributed by atoms with van der Waals surface area (Å²) in [6, 6.07) is 5.17. The molecule has 0 aliphatic heterocycles. The number of furan rings is 1. The minimum atomic E-state index is -1.26. The van der Waals surface area contributed by atoms with E-state index in [0.29, 0.717) is 17.2 Å². The van der Waals surface area contributed by atoms with Crippen LogP contribution in [0.2, 0.25) is 0 Å². The van der Waals surface area contributed by atoms with Crippen LogP contribution in [0.1, 0.15) is 34.6 Å². The van der Waals surface area contributed by atoms with Crippen LogP contribution in [0.5, 0.6) is 0 Å². The molecule has 0 spiro atoms. The van der Waals surface area contributed by atoms with Crippen LogP contribution in [0.4, 0.5) is 0 Å². The molecule has 1 amide bonds. The maximum Gasteiger partial charge on any atom is 0.271 e. The summed E-state index contributed by atoms with van der Waals surface area (Å²) in [4.78, 5) is 12.0. The standard InChI is InChI=1S/C14H19N3O3/c1-9-7-11(16-17(9)4)13(18)15-8-14(3,19)12-6-5-10(2)20-12/h5-7,19H,8H2,1-4H3,(H,15,18). The first-order chi connectivity index (χ1) is 9.29. The summed E-state index contributed by atoms with van der Waals surface area (Å²) in [5.41, 5.74) is -0.0340. The van der Waals surface area contributed by atoms with Gasteiger partial charge >= 0.3 is 0 Å². The number of hydrogen-bond acceptors (Lipinski definition) is 4. The van der Waals surface area contributed by atoms with Crippen LogP contribution in [0.25, 0.3) is 0 Å². The van der Waals surface area contributed by atoms with Crippen LogP contribution in [0.15, 0.2) is 22.6 Å². The molecular formula is C14H19N3O3. The summed E-state index contributed by atoms with van der Waals surface area (Å²) in [5, 5.41) is 17.1. The smallest absolute Gasteiger partial charge is 0.271 e. The number of aryl methyl sites for hydroxylation is 3. The molecule has 0 bridgehead atoms. The minimum absolute atomic E-state index is 0.0500. The fourth-order valence-electron chi connectivity index (χ4n) is 1.83. The summed E-state index contributed by atoms with van der Waals surface area (Å²) in [5.74, 6) is 0.816. The Kier molecular flexibility index (Phi) is 3.67. The van der Waals surface area contributed by atoms with Gasteiger partial charge in [-0.05, 0) is 39.0 Å². The molecule has 0 aliphatic carbocycles. The highest BCUT2D eigenvalue weighted by Gasteiger charge is 2.28. The lowest BCUT2D eigenvalue weighted by molar-refractivity contribution is 0.0322. The first-order valence-corrected chi connectivity index (χ1v) is 6.38. The van der Waals surface area contributed by atoms with Crippen molar-refractivity contribution in [3.05, 3.63) is 41.1 Å². The Labute approximate surface area is 117 Å². The van der Waals surface area contributed by atoms with Crippen LogP contribution >= 0.6 is 0 Å². The van der Waals surface area contributed by atoms with Crippen molar-refractivity contribution in [3.63, 3.8) is 0 Å². The number of carbonyl (C=O) groups excluding carboxylic acids is 1. The van der Waals surface area contributed by atoms with Gasteiger partial charge in [-0.25, -0.2) is 0 Å². The van der Waals surface area contributed by atoms with Crippen LogP contribution in [-0.4, -0.2) is 27.3 Å². The molecule has 1 unspecified atom stereocenters. The predicted octanol–water partition coefficient (Wildman–Crippen LogP) is 1.27. The molecule has 2 N–H and O–H groups in total. The number of rotatable bonds is 4. The number of nitrogens with zero attached hydrogens (tertiary/aromatic N) is 2. The zero-order valence-electron chi connectivity index (χ0n) is 12.1. The van der Waals surface area contributed by atoms with Gasteiger partial charge in [0.25, 0.3) is 5.91 Å².